The van der Waals surface area contributed by atoms with Crippen molar-refractivity contribution in [1.82, 2.24) is 5.32 Å². The number of amides is 1. The first-order valence-electron chi connectivity index (χ1n) is 7.37. The van der Waals surface area contributed by atoms with Crippen LogP contribution in [0.25, 0.3) is 0 Å². The number of carbonyl (C=O) groups is 3. The van der Waals surface area contributed by atoms with Crippen molar-refractivity contribution in [2.45, 2.75) is 39.2 Å². The molecule has 0 aromatic heterocycles. The van der Waals surface area contributed by atoms with Crippen molar-refractivity contribution in [2.24, 2.45) is 5.41 Å². The Balaban J connectivity index is 2.54. The Labute approximate surface area is 130 Å². The highest BCUT2D eigenvalue weighted by molar-refractivity contribution is 6.08. The molecule has 5 nitrogen and oxygen atoms in total. The minimum absolute atomic E-state index is 0.108. The molecule has 1 aliphatic carbocycles. The van der Waals surface area contributed by atoms with E-state index in [2.05, 4.69) is 10.1 Å². The van der Waals surface area contributed by atoms with Crippen molar-refractivity contribution in [3.63, 3.8) is 0 Å². The minimum atomic E-state index is -1.19. The Hall–Kier alpha value is -2.17. The second-order valence-corrected chi connectivity index (χ2v) is 5.79. The number of benzene rings is 1. The molecule has 1 amide bonds. The summed E-state index contributed by atoms with van der Waals surface area (Å²) in [4.78, 5) is 36.6. The number of aryl methyl sites for hydroxylation is 1. The number of hydrogen-bond donors (Lipinski definition) is 1. The van der Waals surface area contributed by atoms with E-state index in [9.17, 15) is 14.4 Å². The van der Waals surface area contributed by atoms with Crippen molar-refractivity contribution < 1.29 is 19.1 Å². The smallest absolute Gasteiger partial charge is 0.407 e. The molecular weight excluding hydrogens is 282 g/mol. The topological polar surface area (TPSA) is 72.5 Å². The molecule has 2 atom stereocenters. The predicted octanol–water partition coefficient (Wildman–Crippen LogP) is 2.72. The third kappa shape index (κ3) is 2.75. The van der Waals surface area contributed by atoms with E-state index in [0.717, 1.165) is 11.1 Å². The highest BCUT2D eigenvalue weighted by atomic mass is 16.5. The van der Waals surface area contributed by atoms with E-state index in [1.54, 1.807) is 0 Å². The molecule has 0 aliphatic heterocycles. The first kappa shape index (κ1) is 16.2. The van der Waals surface area contributed by atoms with Gasteiger partial charge in [-0.2, -0.15) is 0 Å². The normalized spacial score (nSPS) is 22.2. The third-order valence-electron chi connectivity index (χ3n) is 4.42. The molecular formula is C17H21NO4. The molecule has 1 N–H and O–H groups in total. The van der Waals surface area contributed by atoms with E-state index in [4.69, 9.17) is 0 Å². The summed E-state index contributed by atoms with van der Waals surface area (Å²) in [6, 6.07) is 6.78. The lowest BCUT2D eigenvalue weighted by molar-refractivity contribution is -0.139. The molecule has 5 heteroatoms. The summed E-state index contributed by atoms with van der Waals surface area (Å²) in [7, 11) is 1.26. The lowest BCUT2D eigenvalue weighted by Crippen LogP contribution is -2.47. The van der Waals surface area contributed by atoms with Gasteiger partial charge in [0.1, 0.15) is 17.0 Å². The van der Waals surface area contributed by atoms with Gasteiger partial charge in [0, 0.05) is 6.42 Å². The lowest BCUT2D eigenvalue weighted by Gasteiger charge is -2.34. The molecule has 1 aromatic rings. The summed E-state index contributed by atoms with van der Waals surface area (Å²) in [5.41, 5.74) is 0.552. The number of methoxy groups -OCH3 is 1. The van der Waals surface area contributed by atoms with Crippen LogP contribution in [0.5, 0.6) is 0 Å². The Kier molecular flexibility index (Phi) is 4.64. The molecule has 1 aliphatic rings. The minimum Gasteiger partial charge on any atom is -0.453 e. The summed E-state index contributed by atoms with van der Waals surface area (Å²) >= 11 is 0. The van der Waals surface area contributed by atoms with Gasteiger partial charge in [-0.05, 0) is 32.3 Å². The number of rotatable bonds is 4. The monoisotopic (exact) mass is 303 g/mol. The summed E-state index contributed by atoms with van der Waals surface area (Å²) in [5, 5.41) is 2.70. The van der Waals surface area contributed by atoms with Gasteiger partial charge in [0.05, 0.1) is 13.2 Å². The average Bonchev–Trinajstić information content (AvgIpc) is 2.87. The average molecular weight is 303 g/mol. The summed E-state index contributed by atoms with van der Waals surface area (Å²) < 4.78 is 4.68. The molecule has 0 heterocycles. The Morgan fingerprint density at radius 1 is 1.36 bits per heavy atom. The fraction of sp³-hybridized carbons (Fsp3) is 0.471. The third-order valence-corrected chi connectivity index (χ3v) is 4.42. The predicted molar refractivity (Wildman–Crippen MR) is 81.4 cm³/mol. The maximum atomic E-state index is 12.5. The van der Waals surface area contributed by atoms with Crippen molar-refractivity contribution >= 4 is 17.7 Å². The highest BCUT2D eigenvalue weighted by Crippen LogP contribution is 2.46. The SMILES string of the molecule is COC(=O)N[C@@H](c1cccc(C)c1)C1(C(C)=O)CCCC1=O. The van der Waals surface area contributed by atoms with Crippen molar-refractivity contribution in [3.05, 3.63) is 35.4 Å². The van der Waals surface area contributed by atoms with Crippen molar-refractivity contribution in [3.8, 4) is 0 Å². The van der Waals surface area contributed by atoms with Crippen LogP contribution in [0.15, 0.2) is 24.3 Å². The first-order valence-corrected chi connectivity index (χ1v) is 7.37. The van der Waals surface area contributed by atoms with Crippen molar-refractivity contribution in [2.75, 3.05) is 7.11 Å². The van der Waals surface area contributed by atoms with Gasteiger partial charge in [0.2, 0.25) is 0 Å². The largest absolute Gasteiger partial charge is 0.453 e. The van der Waals surface area contributed by atoms with Gasteiger partial charge in [-0.1, -0.05) is 29.8 Å². The zero-order valence-electron chi connectivity index (χ0n) is 13.1. The standard InChI is InChI=1S/C17H21NO4/c1-11-6-4-7-13(10-11)15(18-16(21)22-3)17(12(2)19)9-5-8-14(17)20/h4,6-7,10,15H,5,8-9H2,1-3H3,(H,18,21)/t15-,17?/m0/s1. The van der Waals surface area contributed by atoms with Gasteiger partial charge in [0.25, 0.3) is 0 Å². The second kappa shape index (κ2) is 6.30. The molecule has 1 unspecified atom stereocenters. The van der Waals surface area contributed by atoms with E-state index in [1.807, 2.05) is 31.2 Å². The van der Waals surface area contributed by atoms with Gasteiger partial charge in [-0.15, -0.1) is 0 Å². The number of alkyl carbamates (subject to hydrolysis) is 1. The van der Waals surface area contributed by atoms with Gasteiger partial charge in [0.15, 0.2) is 0 Å². The molecule has 0 spiro atoms. The molecule has 1 aromatic carbocycles. The maximum absolute atomic E-state index is 12.5. The first-order chi connectivity index (χ1) is 10.4. The van der Waals surface area contributed by atoms with Crippen LogP contribution in [0.4, 0.5) is 4.79 Å². The van der Waals surface area contributed by atoms with Crippen LogP contribution in [0.1, 0.15) is 43.4 Å². The Bertz CT molecular complexity index is 610. The van der Waals surface area contributed by atoms with Crippen LogP contribution in [0, 0.1) is 12.3 Å². The van der Waals surface area contributed by atoms with Gasteiger partial charge < -0.3 is 10.1 Å². The summed E-state index contributed by atoms with van der Waals surface area (Å²) in [6.45, 7) is 3.35. The van der Waals surface area contributed by atoms with E-state index >= 15 is 0 Å². The van der Waals surface area contributed by atoms with E-state index in [0.29, 0.717) is 19.3 Å². The van der Waals surface area contributed by atoms with Gasteiger partial charge in [-0.25, -0.2) is 4.79 Å². The number of ketones is 2. The molecule has 22 heavy (non-hydrogen) atoms. The maximum Gasteiger partial charge on any atom is 0.407 e. The number of Topliss-reactive ketones (excluding diaryl/α,β-unsaturated/α-hetero) is 2. The van der Waals surface area contributed by atoms with Crippen LogP contribution in [-0.4, -0.2) is 24.8 Å². The molecule has 118 valence electrons. The fourth-order valence-corrected chi connectivity index (χ4v) is 3.29. The number of nitrogens with one attached hydrogen (secondary N) is 1. The van der Waals surface area contributed by atoms with Crippen LogP contribution in [-0.2, 0) is 14.3 Å². The quantitative estimate of drug-likeness (QED) is 0.868. The van der Waals surface area contributed by atoms with E-state index in [-0.39, 0.29) is 11.6 Å². The second-order valence-electron chi connectivity index (χ2n) is 5.79. The number of carbonyl (C=O) groups excluding carboxylic acids is 3. The van der Waals surface area contributed by atoms with E-state index < -0.39 is 17.6 Å². The Morgan fingerprint density at radius 2 is 2.09 bits per heavy atom. The summed E-state index contributed by atoms with van der Waals surface area (Å²) in [5.74, 6) is -0.319. The zero-order valence-corrected chi connectivity index (χ0v) is 13.1. The highest BCUT2D eigenvalue weighted by Gasteiger charge is 2.53. The summed E-state index contributed by atoms with van der Waals surface area (Å²) in [6.07, 6.45) is 0.824. The Morgan fingerprint density at radius 3 is 2.59 bits per heavy atom. The molecule has 1 fully saturated rings. The number of ether oxygens (including phenoxy) is 1. The van der Waals surface area contributed by atoms with Gasteiger partial charge in [-0.3, -0.25) is 9.59 Å². The molecule has 0 saturated heterocycles. The van der Waals surface area contributed by atoms with Crippen LogP contribution in [0.3, 0.4) is 0 Å². The molecule has 2 rings (SSSR count). The molecule has 0 bridgehead atoms. The zero-order chi connectivity index (χ0) is 16.3. The van der Waals surface area contributed by atoms with Crippen LogP contribution >= 0.6 is 0 Å². The fourth-order valence-electron chi connectivity index (χ4n) is 3.29. The van der Waals surface area contributed by atoms with Gasteiger partial charge >= 0.3 is 6.09 Å². The van der Waals surface area contributed by atoms with Crippen LogP contribution < -0.4 is 5.32 Å². The molecule has 0 radical (unpaired) electrons. The number of hydrogen-bond acceptors (Lipinski definition) is 4. The van der Waals surface area contributed by atoms with E-state index in [1.165, 1.54) is 14.0 Å². The van der Waals surface area contributed by atoms with Crippen molar-refractivity contribution in [1.29, 1.82) is 0 Å². The lowest BCUT2D eigenvalue weighted by atomic mass is 9.71. The van der Waals surface area contributed by atoms with Crippen LogP contribution in [0.2, 0.25) is 0 Å². The molecule has 1 saturated carbocycles.